The Morgan fingerprint density at radius 2 is 0.865 bits per heavy atom. The van der Waals surface area contributed by atoms with Crippen molar-refractivity contribution in [1.82, 2.24) is 4.57 Å². The maximum atomic E-state index is 2.58. The Labute approximate surface area is 315 Å². The van der Waals surface area contributed by atoms with Crippen LogP contribution in [0.5, 0.6) is 0 Å². The van der Waals surface area contributed by atoms with Crippen molar-refractivity contribution < 1.29 is 0 Å². The van der Waals surface area contributed by atoms with Gasteiger partial charge in [0, 0.05) is 16.5 Å². The van der Waals surface area contributed by atoms with Crippen molar-refractivity contribution in [1.29, 1.82) is 0 Å². The largest absolute Gasteiger partial charge is 0.309 e. The van der Waals surface area contributed by atoms with Crippen LogP contribution < -0.4 is 0 Å². The summed E-state index contributed by atoms with van der Waals surface area (Å²) >= 11 is 0. The molecule has 1 nitrogen and oxygen atoms in total. The van der Waals surface area contributed by atoms with Gasteiger partial charge in [0.1, 0.15) is 0 Å². The summed E-state index contributed by atoms with van der Waals surface area (Å²) < 4.78 is 2.58. The van der Waals surface area contributed by atoms with Gasteiger partial charge in [-0.05, 0) is 108 Å². The van der Waals surface area contributed by atoms with Gasteiger partial charge in [0.15, 0.2) is 0 Å². The van der Waals surface area contributed by atoms with E-state index < -0.39 is 0 Å². The zero-order valence-electron chi connectivity index (χ0n) is 35.1. The molecule has 0 aliphatic heterocycles. The van der Waals surface area contributed by atoms with E-state index in [4.69, 9.17) is 0 Å². The minimum atomic E-state index is -0.127. The van der Waals surface area contributed by atoms with Gasteiger partial charge in [-0.25, -0.2) is 0 Å². The minimum Gasteiger partial charge on any atom is -0.309 e. The molecule has 0 fully saturated rings. The van der Waals surface area contributed by atoms with Crippen LogP contribution in [0.2, 0.25) is 0 Å². The van der Waals surface area contributed by atoms with Crippen LogP contribution in [0.15, 0.2) is 91.0 Å². The maximum Gasteiger partial charge on any atom is 0.0547 e. The van der Waals surface area contributed by atoms with Gasteiger partial charge in [0.05, 0.1) is 11.0 Å². The number of aromatic nitrogens is 1. The molecule has 0 radical (unpaired) electrons. The smallest absolute Gasteiger partial charge is 0.0547 e. The second kappa shape index (κ2) is 12.5. The van der Waals surface area contributed by atoms with Crippen molar-refractivity contribution in [3.63, 3.8) is 0 Å². The molecule has 0 unspecified atom stereocenters. The standard InChI is InChI=1S/C51H63N/c1-32-19-17-20-33(25-32)41-23-24-43-45(46(41)51(14,15)16)44-40(34-26-35(47(2,3)4)28-36(27-34)48(5,6)7)21-18-22-42(44)52(43)39-30-37(49(8,9)10)29-38(31-39)50(11,12)13/h17-31H,1-16H3. The number of hydrogen-bond acceptors (Lipinski definition) is 0. The van der Waals surface area contributed by atoms with Gasteiger partial charge in [-0.2, -0.15) is 0 Å². The molecule has 0 aliphatic rings. The molecule has 5 aromatic carbocycles. The molecule has 0 saturated carbocycles. The fourth-order valence-corrected chi connectivity index (χ4v) is 7.76. The lowest BCUT2D eigenvalue weighted by Crippen LogP contribution is -2.17. The first-order chi connectivity index (χ1) is 23.9. The summed E-state index contributed by atoms with van der Waals surface area (Å²) in [5, 5.41) is 2.69. The van der Waals surface area contributed by atoms with Gasteiger partial charge in [-0.1, -0.05) is 176 Å². The van der Waals surface area contributed by atoms with Gasteiger partial charge in [-0.3, -0.25) is 0 Å². The van der Waals surface area contributed by atoms with Gasteiger partial charge in [0.2, 0.25) is 0 Å². The number of benzene rings is 5. The van der Waals surface area contributed by atoms with Crippen molar-refractivity contribution in [3.8, 4) is 27.9 Å². The molecule has 0 N–H and O–H groups in total. The van der Waals surface area contributed by atoms with Gasteiger partial charge >= 0.3 is 0 Å². The first kappa shape index (κ1) is 37.7. The molecule has 272 valence electrons. The second-order valence-corrected chi connectivity index (χ2v) is 20.6. The number of nitrogens with zero attached hydrogens (tertiary/aromatic N) is 1. The van der Waals surface area contributed by atoms with Crippen LogP contribution in [-0.4, -0.2) is 4.57 Å². The topological polar surface area (TPSA) is 4.93 Å². The predicted octanol–water partition coefficient (Wildman–Crippen LogP) is 14.9. The van der Waals surface area contributed by atoms with E-state index in [9.17, 15) is 0 Å². The zero-order valence-corrected chi connectivity index (χ0v) is 35.1. The summed E-state index contributed by atoms with van der Waals surface area (Å²) in [6.45, 7) is 37.4. The van der Waals surface area contributed by atoms with Crippen molar-refractivity contribution in [2.24, 2.45) is 0 Å². The van der Waals surface area contributed by atoms with Gasteiger partial charge < -0.3 is 4.57 Å². The monoisotopic (exact) mass is 689 g/mol. The average Bonchev–Trinajstić information content (AvgIpc) is 3.36. The molecule has 0 spiro atoms. The molecular weight excluding hydrogens is 627 g/mol. The van der Waals surface area contributed by atoms with Gasteiger partial charge in [0.25, 0.3) is 0 Å². The molecule has 6 aromatic rings. The molecule has 52 heavy (non-hydrogen) atoms. The van der Waals surface area contributed by atoms with E-state index in [2.05, 4.69) is 206 Å². The van der Waals surface area contributed by atoms with E-state index in [0.29, 0.717) is 0 Å². The fourth-order valence-electron chi connectivity index (χ4n) is 7.76. The third-order valence-corrected chi connectivity index (χ3v) is 10.9. The SMILES string of the molecule is Cc1cccc(-c2ccc3c(c2C(C)(C)C)c2c(-c4cc(C(C)(C)C)cc(C(C)(C)C)c4)cccc2n3-c2cc(C(C)(C)C)cc(C(C)(C)C)c2)c1. The summed E-state index contributed by atoms with van der Waals surface area (Å²) in [6.07, 6.45) is 0. The van der Waals surface area contributed by atoms with E-state index in [1.165, 1.54) is 83.1 Å². The maximum absolute atomic E-state index is 2.58. The quantitative estimate of drug-likeness (QED) is 0.174. The highest BCUT2D eigenvalue weighted by Gasteiger charge is 2.30. The summed E-state index contributed by atoms with van der Waals surface area (Å²) in [5.41, 5.74) is 17.0. The van der Waals surface area contributed by atoms with E-state index in [1.54, 1.807) is 0 Å². The number of rotatable bonds is 3. The number of aryl methyl sites for hydroxylation is 1. The van der Waals surface area contributed by atoms with Crippen LogP contribution >= 0.6 is 0 Å². The molecule has 1 heterocycles. The average molecular weight is 690 g/mol. The van der Waals surface area contributed by atoms with Crippen LogP contribution in [0.25, 0.3) is 49.7 Å². The van der Waals surface area contributed by atoms with Crippen LogP contribution in [-0.2, 0) is 27.1 Å². The van der Waals surface area contributed by atoms with Crippen LogP contribution in [0.4, 0.5) is 0 Å². The summed E-state index contributed by atoms with van der Waals surface area (Å²) in [7, 11) is 0. The first-order valence-corrected chi connectivity index (χ1v) is 19.4. The Morgan fingerprint density at radius 1 is 0.385 bits per heavy atom. The van der Waals surface area contributed by atoms with Crippen molar-refractivity contribution in [3.05, 3.63) is 124 Å². The molecule has 6 rings (SSSR count). The lowest BCUT2D eigenvalue weighted by molar-refractivity contribution is 0.567. The third kappa shape index (κ3) is 7.01. The molecule has 0 amide bonds. The molecule has 1 aromatic heterocycles. The Balaban J connectivity index is 1.88. The third-order valence-electron chi connectivity index (χ3n) is 10.9. The Morgan fingerprint density at radius 3 is 1.35 bits per heavy atom. The highest BCUT2D eigenvalue weighted by atomic mass is 15.0. The van der Waals surface area contributed by atoms with Gasteiger partial charge in [-0.15, -0.1) is 0 Å². The van der Waals surface area contributed by atoms with Crippen LogP contribution in [0, 0.1) is 6.92 Å². The molecule has 0 atom stereocenters. The Hall–Kier alpha value is -4.10. The van der Waals surface area contributed by atoms with E-state index >= 15 is 0 Å². The molecule has 0 saturated heterocycles. The van der Waals surface area contributed by atoms with E-state index in [1.807, 2.05) is 0 Å². The van der Waals surface area contributed by atoms with Crippen molar-refractivity contribution >= 4 is 21.8 Å². The summed E-state index contributed by atoms with van der Waals surface area (Å²) in [4.78, 5) is 0. The van der Waals surface area contributed by atoms with E-state index in [-0.39, 0.29) is 27.1 Å². The molecule has 0 bridgehead atoms. The normalized spacial score (nSPS) is 13.4. The van der Waals surface area contributed by atoms with Crippen molar-refractivity contribution in [2.45, 2.75) is 138 Å². The Kier molecular flexibility index (Phi) is 9.05. The summed E-state index contributed by atoms with van der Waals surface area (Å²) in [5.74, 6) is 0. The first-order valence-electron chi connectivity index (χ1n) is 19.4. The minimum absolute atomic E-state index is 0.00555. The summed E-state index contributed by atoms with van der Waals surface area (Å²) in [6, 6.07) is 35.5. The second-order valence-electron chi connectivity index (χ2n) is 20.6. The fraction of sp³-hybridized carbons (Fsp3) is 0.412. The highest BCUT2D eigenvalue weighted by molar-refractivity contribution is 6.18. The van der Waals surface area contributed by atoms with Crippen molar-refractivity contribution in [2.75, 3.05) is 0 Å². The number of hydrogen-bond donors (Lipinski definition) is 0. The number of fused-ring (bicyclic) bond motifs is 3. The van der Waals surface area contributed by atoms with Crippen LogP contribution in [0.1, 0.15) is 137 Å². The lowest BCUT2D eigenvalue weighted by Gasteiger charge is -2.27. The van der Waals surface area contributed by atoms with Crippen LogP contribution in [0.3, 0.4) is 0 Å². The highest BCUT2D eigenvalue weighted by Crippen LogP contribution is 2.48. The molecular formula is C51H63N. The van der Waals surface area contributed by atoms with E-state index in [0.717, 1.165) is 0 Å². The molecule has 0 aliphatic carbocycles. The Bertz CT molecular complexity index is 2240. The lowest BCUT2D eigenvalue weighted by atomic mass is 9.77. The zero-order chi connectivity index (χ0) is 38.3. The predicted molar refractivity (Wildman–Crippen MR) is 230 cm³/mol. The molecule has 1 heteroatoms.